The largest absolute Gasteiger partial charge is 0.481 e. The number of hydrogen-bond donors (Lipinski definition) is 1. The summed E-state index contributed by atoms with van der Waals surface area (Å²) >= 11 is 0. The fraction of sp³-hybridized carbons (Fsp3) is 0.429. The average Bonchev–Trinajstić information content (AvgIpc) is 2.64. The van der Waals surface area contributed by atoms with Crippen LogP contribution in [-0.4, -0.2) is 31.0 Å². The van der Waals surface area contributed by atoms with Crippen molar-refractivity contribution < 1.29 is 27.8 Å². The van der Waals surface area contributed by atoms with Crippen molar-refractivity contribution in [1.29, 1.82) is 0 Å². The van der Waals surface area contributed by atoms with E-state index >= 15 is 0 Å². The maximum absolute atomic E-state index is 12.8. The highest BCUT2D eigenvalue weighted by molar-refractivity contribution is 6.05. The summed E-state index contributed by atoms with van der Waals surface area (Å²) in [6.45, 7) is 4.87. The third-order valence-electron chi connectivity index (χ3n) is 4.46. The number of ether oxygens (including phenoxy) is 2. The Kier molecular flexibility index (Phi) is 6.59. The topological polar surface area (TPSA) is 64.6 Å². The summed E-state index contributed by atoms with van der Waals surface area (Å²) in [4.78, 5) is 24.1. The number of amides is 1. The van der Waals surface area contributed by atoms with Crippen LogP contribution in [0.2, 0.25) is 0 Å². The van der Waals surface area contributed by atoms with Crippen molar-refractivity contribution >= 4 is 28.3 Å². The molecule has 152 valence electrons. The van der Waals surface area contributed by atoms with E-state index in [4.69, 9.17) is 4.74 Å². The summed E-state index contributed by atoms with van der Waals surface area (Å²) in [5.74, 6) is -3.68. The van der Waals surface area contributed by atoms with Crippen LogP contribution in [0, 0.1) is 5.41 Å². The van der Waals surface area contributed by atoms with Gasteiger partial charge >= 0.3 is 5.97 Å². The first kappa shape index (κ1) is 21.6. The molecule has 0 aliphatic carbocycles. The van der Waals surface area contributed by atoms with Crippen molar-refractivity contribution in [3.05, 3.63) is 36.4 Å². The van der Waals surface area contributed by atoms with Crippen LogP contribution in [0.1, 0.15) is 34.1 Å². The molecule has 0 saturated carbocycles. The molecule has 1 N–H and O–H groups in total. The van der Waals surface area contributed by atoms with E-state index < -0.39 is 30.5 Å². The van der Waals surface area contributed by atoms with Gasteiger partial charge in [0.2, 0.25) is 5.91 Å². The molecule has 5 nitrogen and oxygen atoms in total. The van der Waals surface area contributed by atoms with Crippen LogP contribution in [0.3, 0.4) is 0 Å². The second-order valence-electron chi connectivity index (χ2n) is 7.37. The minimum absolute atomic E-state index is 0.0992. The fourth-order valence-electron chi connectivity index (χ4n) is 2.35. The van der Waals surface area contributed by atoms with Crippen LogP contribution in [0.5, 0.6) is 5.75 Å². The number of alkyl halides is 2. The summed E-state index contributed by atoms with van der Waals surface area (Å²) in [5, 5.41) is 4.36. The lowest BCUT2D eigenvalue weighted by molar-refractivity contribution is -0.155. The van der Waals surface area contributed by atoms with Crippen molar-refractivity contribution in [3.63, 3.8) is 0 Å². The molecule has 7 heteroatoms. The molecule has 0 fully saturated rings. The Morgan fingerprint density at radius 1 is 1.04 bits per heavy atom. The highest BCUT2D eigenvalue weighted by Gasteiger charge is 2.26. The number of rotatable bonds is 8. The minimum Gasteiger partial charge on any atom is -0.481 e. The number of halogens is 2. The monoisotopic (exact) mass is 393 g/mol. The van der Waals surface area contributed by atoms with Crippen LogP contribution in [0.4, 0.5) is 14.5 Å². The smallest absolute Gasteiger partial charge is 0.344 e. The molecule has 0 atom stereocenters. The van der Waals surface area contributed by atoms with E-state index in [-0.39, 0.29) is 5.91 Å². The van der Waals surface area contributed by atoms with E-state index in [1.54, 1.807) is 30.3 Å². The highest BCUT2D eigenvalue weighted by Crippen LogP contribution is 2.32. The minimum atomic E-state index is -3.09. The van der Waals surface area contributed by atoms with Gasteiger partial charge in [-0.2, -0.15) is 0 Å². The van der Waals surface area contributed by atoms with Crippen LogP contribution >= 0.6 is 0 Å². The van der Waals surface area contributed by atoms with Crippen LogP contribution in [-0.2, 0) is 14.3 Å². The maximum Gasteiger partial charge on any atom is 0.344 e. The average molecular weight is 393 g/mol. The van der Waals surface area contributed by atoms with Gasteiger partial charge in [-0.25, -0.2) is 13.6 Å². The van der Waals surface area contributed by atoms with Crippen LogP contribution in [0.15, 0.2) is 36.4 Å². The Bertz CT molecular complexity index is 859. The van der Waals surface area contributed by atoms with Crippen LogP contribution in [0.25, 0.3) is 10.8 Å². The summed E-state index contributed by atoms with van der Waals surface area (Å²) in [5.41, 5.74) is 0.115. The maximum atomic E-state index is 12.8. The first-order valence-electron chi connectivity index (χ1n) is 9.03. The Hall–Kier alpha value is -2.70. The molecule has 0 aliphatic heterocycles. The molecule has 0 heterocycles. The summed E-state index contributed by atoms with van der Waals surface area (Å²) in [7, 11) is 0. The molecule has 0 aliphatic rings. The van der Waals surface area contributed by atoms with Gasteiger partial charge in [-0.05, 0) is 18.6 Å². The lowest BCUT2D eigenvalue weighted by Gasteiger charge is -2.22. The van der Waals surface area contributed by atoms with E-state index in [1.165, 1.54) is 0 Å². The third-order valence-corrected chi connectivity index (χ3v) is 4.46. The van der Waals surface area contributed by atoms with Gasteiger partial charge in [0.05, 0.1) is 0 Å². The van der Waals surface area contributed by atoms with Gasteiger partial charge in [0, 0.05) is 28.8 Å². The second kappa shape index (κ2) is 8.54. The zero-order valence-corrected chi connectivity index (χ0v) is 16.5. The van der Waals surface area contributed by atoms with E-state index in [2.05, 4.69) is 10.1 Å². The number of carbonyl (C=O) groups excluding carboxylic acids is 2. The van der Waals surface area contributed by atoms with Gasteiger partial charge in [-0.15, -0.1) is 0 Å². The van der Waals surface area contributed by atoms with Gasteiger partial charge < -0.3 is 14.8 Å². The van der Waals surface area contributed by atoms with Crippen molar-refractivity contribution in [1.82, 2.24) is 0 Å². The molecule has 0 unspecified atom stereocenters. The van der Waals surface area contributed by atoms with E-state index in [0.29, 0.717) is 30.2 Å². The normalized spacial score (nSPS) is 11.9. The summed E-state index contributed by atoms with van der Waals surface area (Å²) in [6, 6.07) is 10.5. The van der Waals surface area contributed by atoms with Gasteiger partial charge in [-0.3, -0.25) is 4.79 Å². The zero-order chi connectivity index (χ0) is 20.9. The summed E-state index contributed by atoms with van der Waals surface area (Å²) < 4.78 is 35.5. The van der Waals surface area contributed by atoms with Gasteiger partial charge in [0.25, 0.3) is 5.92 Å². The molecule has 0 bridgehead atoms. The molecule has 0 spiro atoms. The lowest BCUT2D eigenvalue weighted by Crippen LogP contribution is -2.30. The molecular formula is C21H25F2NO4. The Morgan fingerprint density at radius 3 is 2.32 bits per heavy atom. The fourth-order valence-corrected chi connectivity index (χ4v) is 2.35. The number of esters is 1. The summed E-state index contributed by atoms with van der Waals surface area (Å²) in [6.07, 6.45) is 0.691. The molecule has 2 rings (SSSR count). The predicted octanol–water partition coefficient (Wildman–Crippen LogP) is 4.79. The number of fused-ring (bicyclic) bond motifs is 1. The van der Waals surface area contributed by atoms with Gasteiger partial charge in [-0.1, -0.05) is 45.0 Å². The molecule has 2 aromatic carbocycles. The standard InChI is InChI=1S/C21H25F2NO4/c1-5-20(2,3)19(26)24-16-10-6-9-15-14(16)8-7-11-17(15)27-12-18(25)28-13-21(4,22)23/h6-11H,5,12-13H2,1-4H3,(H,24,26). The SMILES string of the molecule is CCC(C)(C)C(=O)Nc1cccc2c(OCC(=O)OCC(C)(F)F)cccc12. The second-order valence-corrected chi connectivity index (χ2v) is 7.37. The lowest BCUT2D eigenvalue weighted by atomic mass is 9.89. The Morgan fingerprint density at radius 2 is 1.68 bits per heavy atom. The van der Waals surface area contributed by atoms with E-state index in [9.17, 15) is 18.4 Å². The van der Waals surface area contributed by atoms with Crippen molar-refractivity contribution in [2.24, 2.45) is 5.41 Å². The highest BCUT2D eigenvalue weighted by atomic mass is 19.3. The van der Waals surface area contributed by atoms with Crippen molar-refractivity contribution in [2.75, 3.05) is 18.5 Å². The molecule has 0 radical (unpaired) electrons. The molecule has 2 aromatic rings. The van der Waals surface area contributed by atoms with Gasteiger partial charge in [0.15, 0.2) is 13.2 Å². The molecule has 0 aromatic heterocycles. The third kappa shape index (κ3) is 5.65. The first-order chi connectivity index (χ1) is 13.0. The predicted molar refractivity (Wildman–Crippen MR) is 104 cm³/mol. The Labute approximate surface area is 163 Å². The quantitative estimate of drug-likeness (QED) is 0.655. The van der Waals surface area contributed by atoms with E-state index in [1.807, 2.05) is 26.8 Å². The molecular weight excluding hydrogens is 368 g/mol. The van der Waals surface area contributed by atoms with Gasteiger partial charge in [0.1, 0.15) is 5.75 Å². The first-order valence-corrected chi connectivity index (χ1v) is 9.03. The zero-order valence-electron chi connectivity index (χ0n) is 16.5. The number of nitrogens with one attached hydrogen (secondary N) is 1. The molecule has 28 heavy (non-hydrogen) atoms. The number of anilines is 1. The van der Waals surface area contributed by atoms with Crippen LogP contribution < -0.4 is 10.1 Å². The van der Waals surface area contributed by atoms with E-state index in [0.717, 1.165) is 5.39 Å². The number of benzene rings is 2. The molecule has 0 saturated heterocycles. The van der Waals surface area contributed by atoms with Crippen molar-refractivity contribution in [3.8, 4) is 5.75 Å². The Balaban J connectivity index is 2.17. The molecule has 1 amide bonds. The number of hydrogen-bond acceptors (Lipinski definition) is 4. The van der Waals surface area contributed by atoms with Crippen molar-refractivity contribution in [2.45, 2.75) is 40.0 Å². The number of carbonyl (C=O) groups is 2.